The normalized spacial score (nSPS) is 17.6. The van der Waals surface area contributed by atoms with Gasteiger partial charge in [0.2, 0.25) is 5.91 Å². The predicted molar refractivity (Wildman–Crippen MR) is 101 cm³/mol. The van der Waals surface area contributed by atoms with Crippen LogP contribution in [0.3, 0.4) is 0 Å². The van der Waals surface area contributed by atoms with Crippen LogP contribution in [0.15, 0.2) is 10.9 Å². The Balaban J connectivity index is 1.43. The Kier molecular flexibility index (Phi) is 5.24. The highest BCUT2D eigenvalue weighted by atomic mass is 32.1. The Morgan fingerprint density at radius 1 is 1.11 bits per heavy atom. The number of thiazole rings is 1. The fourth-order valence-corrected chi connectivity index (χ4v) is 5.01. The van der Waals surface area contributed by atoms with Crippen LogP contribution in [0.5, 0.6) is 0 Å². The molecule has 2 aliphatic rings. The van der Waals surface area contributed by atoms with Crippen molar-refractivity contribution in [3.05, 3.63) is 32.7 Å². The molecule has 1 saturated heterocycles. The molecule has 0 spiro atoms. The van der Waals surface area contributed by atoms with Crippen LogP contribution in [0.25, 0.3) is 4.96 Å². The van der Waals surface area contributed by atoms with E-state index in [1.165, 1.54) is 10.9 Å². The van der Waals surface area contributed by atoms with E-state index in [-0.39, 0.29) is 24.6 Å². The molecule has 144 valence electrons. The third kappa shape index (κ3) is 3.90. The van der Waals surface area contributed by atoms with E-state index >= 15 is 0 Å². The second-order valence-corrected chi connectivity index (χ2v) is 8.23. The Labute approximate surface area is 161 Å². The van der Waals surface area contributed by atoms with Crippen LogP contribution in [0.4, 0.5) is 0 Å². The van der Waals surface area contributed by atoms with E-state index in [1.807, 2.05) is 0 Å². The molecule has 0 N–H and O–H groups in total. The van der Waals surface area contributed by atoms with Crippen molar-refractivity contribution in [3.63, 3.8) is 0 Å². The lowest BCUT2D eigenvalue weighted by atomic mass is 10.0. The highest BCUT2D eigenvalue weighted by Gasteiger charge is 2.21. The quantitative estimate of drug-likeness (QED) is 0.748. The maximum atomic E-state index is 12.5. The second kappa shape index (κ2) is 7.80. The number of hydrogen-bond donors (Lipinski definition) is 0. The van der Waals surface area contributed by atoms with Crippen LogP contribution in [-0.2, 0) is 33.8 Å². The number of hydrogen-bond acceptors (Lipinski definition) is 6. The zero-order valence-electron chi connectivity index (χ0n) is 15.2. The Bertz CT molecular complexity index is 933. The minimum Gasteiger partial charge on any atom is -0.458 e. The van der Waals surface area contributed by atoms with Gasteiger partial charge in [0.15, 0.2) is 4.96 Å². The number of esters is 1. The van der Waals surface area contributed by atoms with E-state index in [1.54, 1.807) is 20.6 Å². The second-order valence-electron chi connectivity index (χ2n) is 7.17. The van der Waals surface area contributed by atoms with Crippen LogP contribution in [0.2, 0.25) is 0 Å². The van der Waals surface area contributed by atoms with E-state index in [0.717, 1.165) is 50.6 Å². The number of aromatic nitrogens is 2. The summed E-state index contributed by atoms with van der Waals surface area (Å²) in [6, 6.07) is 1.44. The van der Waals surface area contributed by atoms with Gasteiger partial charge in [0, 0.05) is 29.6 Å². The lowest BCUT2D eigenvalue weighted by Crippen LogP contribution is -2.36. The van der Waals surface area contributed by atoms with Gasteiger partial charge in [-0.2, -0.15) is 0 Å². The van der Waals surface area contributed by atoms with Gasteiger partial charge in [0.1, 0.15) is 13.2 Å². The zero-order valence-corrected chi connectivity index (χ0v) is 16.1. The Hall–Kier alpha value is -2.22. The van der Waals surface area contributed by atoms with Crippen LogP contribution >= 0.6 is 11.3 Å². The molecule has 1 aliphatic carbocycles. The minimum absolute atomic E-state index is 0.00593. The zero-order chi connectivity index (χ0) is 18.8. The largest absolute Gasteiger partial charge is 0.458 e. The highest BCUT2D eigenvalue weighted by Crippen LogP contribution is 2.28. The summed E-state index contributed by atoms with van der Waals surface area (Å²) in [6.45, 7) is 0.517. The Morgan fingerprint density at radius 3 is 2.81 bits per heavy atom. The standard InChI is InChI=1S/C19H23N3O4S/c23-16-8-2-1-5-9-21(16)11-18(25)26-12-13-10-17(24)22-14-6-3-4-7-15(14)27-19(22)20-13/h10H,1-9,11-12H2. The van der Waals surface area contributed by atoms with E-state index in [2.05, 4.69) is 4.98 Å². The van der Waals surface area contributed by atoms with Crippen LogP contribution in [0, 0.1) is 0 Å². The molecule has 0 bridgehead atoms. The fraction of sp³-hybridized carbons (Fsp3) is 0.579. The fourth-order valence-electron chi connectivity index (χ4n) is 3.78. The van der Waals surface area contributed by atoms with E-state index in [4.69, 9.17) is 4.74 Å². The van der Waals surface area contributed by atoms with Crippen molar-refractivity contribution in [2.75, 3.05) is 13.1 Å². The van der Waals surface area contributed by atoms with Gasteiger partial charge in [0.25, 0.3) is 5.56 Å². The minimum atomic E-state index is -0.460. The molecule has 0 radical (unpaired) electrons. The van der Waals surface area contributed by atoms with Gasteiger partial charge in [-0.1, -0.05) is 6.42 Å². The monoisotopic (exact) mass is 389 g/mol. The van der Waals surface area contributed by atoms with Crippen molar-refractivity contribution in [1.82, 2.24) is 14.3 Å². The maximum absolute atomic E-state index is 12.5. The molecule has 3 heterocycles. The summed E-state index contributed by atoms with van der Waals surface area (Å²) in [6.07, 6.45) is 7.45. The lowest BCUT2D eigenvalue weighted by Gasteiger charge is -2.19. The molecule has 4 rings (SSSR count). The smallest absolute Gasteiger partial charge is 0.326 e. The third-order valence-electron chi connectivity index (χ3n) is 5.19. The molecule has 2 aromatic heterocycles. The Morgan fingerprint density at radius 2 is 1.93 bits per heavy atom. The number of nitrogens with zero attached hydrogens (tertiary/aromatic N) is 3. The van der Waals surface area contributed by atoms with Crippen LogP contribution in [-0.4, -0.2) is 39.3 Å². The molecule has 8 heteroatoms. The summed E-state index contributed by atoms with van der Waals surface area (Å²) >= 11 is 1.55. The van der Waals surface area contributed by atoms with Gasteiger partial charge < -0.3 is 9.64 Å². The van der Waals surface area contributed by atoms with Crippen molar-refractivity contribution in [3.8, 4) is 0 Å². The van der Waals surface area contributed by atoms with Gasteiger partial charge in [-0.15, -0.1) is 11.3 Å². The molecule has 7 nitrogen and oxygen atoms in total. The molecular formula is C19H23N3O4S. The van der Waals surface area contributed by atoms with Crippen LogP contribution < -0.4 is 5.56 Å². The van der Waals surface area contributed by atoms with Crippen molar-refractivity contribution >= 4 is 28.2 Å². The number of likely N-dealkylation sites (tertiary alicyclic amines) is 1. The first-order valence-corrected chi connectivity index (χ1v) is 10.4. The first-order chi connectivity index (χ1) is 13.1. The summed E-state index contributed by atoms with van der Waals surface area (Å²) in [5.74, 6) is -0.455. The number of ether oxygens (including phenoxy) is 1. The molecular weight excluding hydrogens is 366 g/mol. The van der Waals surface area contributed by atoms with Crippen molar-refractivity contribution in [2.24, 2.45) is 0 Å². The number of carbonyl (C=O) groups excluding carboxylic acids is 2. The molecule has 0 atom stereocenters. The molecule has 27 heavy (non-hydrogen) atoms. The van der Waals surface area contributed by atoms with E-state index in [9.17, 15) is 14.4 Å². The van der Waals surface area contributed by atoms with Crippen molar-refractivity contribution in [1.29, 1.82) is 0 Å². The summed E-state index contributed by atoms with van der Waals surface area (Å²) in [7, 11) is 0. The average Bonchev–Trinajstić information content (AvgIpc) is 2.92. The van der Waals surface area contributed by atoms with E-state index in [0.29, 0.717) is 23.6 Å². The van der Waals surface area contributed by atoms with Crippen LogP contribution in [0.1, 0.15) is 54.8 Å². The number of aryl methyl sites for hydroxylation is 2. The molecule has 0 unspecified atom stereocenters. The van der Waals surface area contributed by atoms with Gasteiger partial charge in [-0.05, 0) is 38.5 Å². The number of amides is 1. The van der Waals surface area contributed by atoms with Crippen molar-refractivity contribution < 1.29 is 14.3 Å². The number of carbonyl (C=O) groups is 2. The summed E-state index contributed by atoms with van der Waals surface area (Å²) in [4.78, 5) is 44.6. The molecule has 1 amide bonds. The molecule has 2 aromatic rings. The summed E-state index contributed by atoms with van der Waals surface area (Å²) in [5.41, 5.74) is 1.42. The van der Waals surface area contributed by atoms with Gasteiger partial charge in [0.05, 0.1) is 5.69 Å². The molecule has 1 aliphatic heterocycles. The number of rotatable bonds is 4. The topological polar surface area (TPSA) is 81.0 Å². The summed E-state index contributed by atoms with van der Waals surface area (Å²) < 4.78 is 6.98. The molecule has 0 saturated carbocycles. The third-order valence-corrected chi connectivity index (χ3v) is 6.33. The average molecular weight is 389 g/mol. The SMILES string of the molecule is O=C(CN1CCCCCC1=O)OCc1cc(=O)n2c3c(sc2n1)CCCC3. The van der Waals surface area contributed by atoms with Gasteiger partial charge >= 0.3 is 5.97 Å². The predicted octanol–water partition coefficient (Wildman–Crippen LogP) is 2.08. The van der Waals surface area contributed by atoms with Crippen molar-refractivity contribution in [2.45, 2.75) is 58.0 Å². The van der Waals surface area contributed by atoms with Gasteiger partial charge in [-0.25, -0.2) is 4.98 Å². The first kappa shape index (κ1) is 18.2. The highest BCUT2D eigenvalue weighted by molar-refractivity contribution is 7.17. The lowest BCUT2D eigenvalue weighted by molar-refractivity contribution is -0.150. The molecule has 1 fully saturated rings. The maximum Gasteiger partial charge on any atom is 0.326 e. The molecule has 0 aromatic carbocycles. The first-order valence-electron chi connectivity index (χ1n) is 9.58. The van der Waals surface area contributed by atoms with E-state index < -0.39 is 5.97 Å². The summed E-state index contributed by atoms with van der Waals surface area (Å²) in [5, 5.41) is 0. The number of fused-ring (bicyclic) bond motifs is 3. The van der Waals surface area contributed by atoms with Gasteiger partial charge in [-0.3, -0.25) is 18.8 Å².